The molecule has 150 valence electrons. The largest absolute Gasteiger partial charge is 0.374 e. The van der Waals surface area contributed by atoms with Crippen molar-refractivity contribution >= 4 is 0 Å². The minimum absolute atomic E-state index is 0.305. The van der Waals surface area contributed by atoms with E-state index < -0.39 is 0 Å². The van der Waals surface area contributed by atoms with Gasteiger partial charge in [0, 0.05) is 19.3 Å². The van der Waals surface area contributed by atoms with E-state index in [1.165, 1.54) is 73.8 Å². The molecule has 1 aliphatic rings. The van der Waals surface area contributed by atoms with Crippen LogP contribution in [0.2, 0.25) is 0 Å². The highest BCUT2D eigenvalue weighted by Gasteiger charge is 2.33. The lowest BCUT2D eigenvalue weighted by Gasteiger charge is -2.40. The average molecular weight is 360 g/mol. The van der Waals surface area contributed by atoms with Crippen molar-refractivity contribution in [1.82, 2.24) is 4.90 Å². The minimum atomic E-state index is 0.305. The van der Waals surface area contributed by atoms with Crippen molar-refractivity contribution in [3.63, 3.8) is 0 Å². The summed E-state index contributed by atoms with van der Waals surface area (Å²) < 4.78 is 0. The summed E-state index contributed by atoms with van der Waals surface area (Å²) in [6.45, 7) is 23.8. The smallest absolute Gasteiger partial charge is 0.0422 e. The van der Waals surface area contributed by atoms with E-state index in [2.05, 4.69) is 66.6 Å². The molecule has 0 aromatic rings. The summed E-state index contributed by atoms with van der Waals surface area (Å²) in [6, 6.07) is 0. The molecule has 1 heteroatoms. The first-order valence-corrected chi connectivity index (χ1v) is 10.9. The zero-order chi connectivity index (χ0) is 20.0. The van der Waals surface area contributed by atoms with Crippen molar-refractivity contribution in [2.24, 2.45) is 10.8 Å². The molecule has 0 spiro atoms. The molecular formula is C25H45N. The van der Waals surface area contributed by atoms with Crippen LogP contribution < -0.4 is 0 Å². The van der Waals surface area contributed by atoms with Crippen LogP contribution in [0.3, 0.4) is 0 Å². The molecule has 0 unspecified atom stereocenters. The molecule has 0 radical (unpaired) electrons. The van der Waals surface area contributed by atoms with Crippen molar-refractivity contribution in [3.8, 4) is 0 Å². The zero-order valence-electron chi connectivity index (χ0n) is 18.9. The highest BCUT2D eigenvalue weighted by atomic mass is 15.1. The average Bonchev–Trinajstić information content (AvgIpc) is 2.61. The molecule has 1 aliphatic carbocycles. The molecule has 0 heterocycles. The Hall–Kier alpha value is -0.980. The standard InChI is InChI=1S/C25H45N/c1-10-24(7,8)18-21(6)22(23(20(4)5)26(9)12-3)19-25(11-2)16-14-13-15-17-25/h4,6,10-19H2,1-3,5,7-9H3/b23-22-. The number of hydrogen-bond donors (Lipinski definition) is 0. The minimum Gasteiger partial charge on any atom is -0.374 e. The first-order valence-electron chi connectivity index (χ1n) is 10.9. The normalized spacial score (nSPS) is 18.3. The van der Waals surface area contributed by atoms with Crippen LogP contribution >= 0.6 is 0 Å². The molecule has 0 aromatic carbocycles. The molecule has 0 aromatic heterocycles. The van der Waals surface area contributed by atoms with Gasteiger partial charge in [-0.25, -0.2) is 0 Å². The Morgan fingerprint density at radius 2 is 1.62 bits per heavy atom. The third kappa shape index (κ3) is 6.03. The molecule has 26 heavy (non-hydrogen) atoms. The van der Waals surface area contributed by atoms with Crippen LogP contribution in [0.25, 0.3) is 0 Å². The van der Waals surface area contributed by atoms with Gasteiger partial charge in [-0.15, -0.1) is 0 Å². The lowest BCUT2D eigenvalue weighted by Crippen LogP contribution is -2.28. The number of allylic oxidation sites excluding steroid dienone is 3. The predicted molar refractivity (Wildman–Crippen MR) is 118 cm³/mol. The van der Waals surface area contributed by atoms with E-state index in [1.807, 2.05) is 0 Å². The molecule has 1 rings (SSSR count). The highest BCUT2D eigenvalue weighted by molar-refractivity contribution is 5.42. The molecule has 1 fully saturated rings. The topological polar surface area (TPSA) is 3.24 Å². The maximum Gasteiger partial charge on any atom is 0.0422 e. The van der Waals surface area contributed by atoms with Crippen molar-refractivity contribution in [1.29, 1.82) is 0 Å². The Morgan fingerprint density at radius 3 is 2.04 bits per heavy atom. The molecule has 1 saturated carbocycles. The van der Waals surface area contributed by atoms with Gasteiger partial charge in [0.2, 0.25) is 0 Å². The fraction of sp³-hybridized carbons (Fsp3) is 0.760. The van der Waals surface area contributed by atoms with Gasteiger partial charge in [0.25, 0.3) is 0 Å². The molecule has 0 atom stereocenters. The van der Waals surface area contributed by atoms with Crippen LogP contribution in [0.5, 0.6) is 0 Å². The fourth-order valence-corrected chi connectivity index (χ4v) is 4.49. The molecule has 0 amide bonds. The van der Waals surface area contributed by atoms with Crippen molar-refractivity contribution in [2.75, 3.05) is 13.6 Å². The summed E-state index contributed by atoms with van der Waals surface area (Å²) >= 11 is 0. The monoisotopic (exact) mass is 359 g/mol. The summed E-state index contributed by atoms with van der Waals surface area (Å²) in [5.41, 5.74) is 6.13. The van der Waals surface area contributed by atoms with Crippen LogP contribution in [0.15, 0.2) is 35.6 Å². The Morgan fingerprint density at radius 1 is 1.04 bits per heavy atom. The Balaban J connectivity index is 3.36. The quantitative estimate of drug-likeness (QED) is 0.358. The van der Waals surface area contributed by atoms with Crippen LogP contribution in [0, 0.1) is 10.8 Å². The summed E-state index contributed by atoms with van der Waals surface area (Å²) in [4.78, 5) is 2.38. The zero-order valence-corrected chi connectivity index (χ0v) is 18.9. The van der Waals surface area contributed by atoms with Gasteiger partial charge >= 0.3 is 0 Å². The number of rotatable bonds is 10. The van der Waals surface area contributed by atoms with Gasteiger partial charge in [0.05, 0.1) is 0 Å². The van der Waals surface area contributed by atoms with Gasteiger partial charge in [0.15, 0.2) is 0 Å². The van der Waals surface area contributed by atoms with E-state index >= 15 is 0 Å². The first kappa shape index (κ1) is 23.1. The second kappa shape index (κ2) is 9.81. The number of hydrogen-bond acceptors (Lipinski definition) is 1. The van der Waals surface area contributed by atoms with E-state index in [1.54, 1.807) is 0 Å². The fourth-order valence-electron chi connectivity index (χ4n) is 4.49. The van der Waals surface area contributed by atoms with E-state index in [9.17, 15) is 0 Å². The van der Waals surface area contributed by atoms with Gasteiger partial charge in [-0.05, 0) is 67.1 Å². The molecule has 1 nitrogen and oxygen atoms in total. The van der Waals surface area contributed by atoms with Crippen molar-refractivity contribution < 1.29 is 0 Å². The summed E-state index contributed by atoms with van der Waals surface area (Å²) in [7, 11) is 2.21. The van der Waals surface area contributed by atoms with Gasteiger partial charge in [0.1, 0.15) is 0 Å². The lowest BCUT2D eigenvalue weighted by molar-refractivity contribution is 0.178. The van der Waals surface area contributed by atoms with Crippen LogP contribution in [0.4, 0.5) is 0 Å². The maximum atomic E-state index is 4.61. The molecule has 0 N–H and O–H groups in total. The van der Waals surface area contributed by atoms with Gasteiger partial charge in [-0.1, -0.05) is 73.0 Å². The van der Waals surface area contributed by atoms with E-state index in [0.717, 1.165) is 13.0 Å². The van der Waals surface area contributed by atoms with E-state index in [0.29, 0.717) is 10.8 Å². The second-order valence-corrected chi connectivity index (χ2v) is 9.51. The number of nitrogens with zero attached hydrogens (tertiary/aromatic N) is 1. The summed E-state index contributed by atoms with van der Waals surface area (Å²) in [6.07, 6.45) is 11.6. The maximum absolute atomic E-state index is 4.61. The summed E-state index contributed by atoms with van der Waals surface area (Å²) in [5, 5.41) is 0. The van der Waals surface area contributed by atoms with E-state index in [-0.39, 0.29) is 0 Å². The third-order valence-electron chi connectivity index (χ3n) is 6.84. The Labute approximate surface area is 164 Å². The SMILES string of the molecule is C=C(CC(C)(C)CC)/C(CC1(CC)CCCCC1)=C(/C(=C)C)N(C)CC. The third-order valence-corrected chi connectivity index (χ3v) is 6.84. The van der Waals surface area contributed by atoms with Gasteiger partial charge in [-0.3, -0.25) is 0 Å². The van der Waals surface area contributed by atoms with Crippen molar-refractivity contribution in [3.05, 3.63) is 35.6 Å². The highest BCUT2D eigenvalue weighted by Crippen LogP contribution is 2.47. The molecule has 0 bridgehead atoms. The molecule has 0 saturated heterocycles. The Kier molecular flexibility index (Phi) is 8.70. The molecule has 0 aliphatic heterocycles. The van der Waals surface area contributed by atoms with Crippen LogP contribution in [0.1, 0.15) is 99.3 Å². The molecular weight excluding hydrogens is 314 g/mol. The summed E-state index contributed by atoms with van der Waals surface area (Å²) in [5.74, 6) is 0. The van der Waals surface area contributed by atoms with Crippen molar-refractivity contribution in [2.45, 2.75) is 99.3 Å². The van der Waals surface area contributed by atoms with Crippen LogP contribution in [-0.2, 0) is 0 Å². The predicted octanol–water partition coefficient (Wildman–Crippen LogP) is 7.90. The second-order valence-electron chi connectivity index (χ2n) is 9.51. The van der Waals surface area contributed by atoms with Gasteiger partial charge in [-0.2, -0.15) is 0 Å². The van der Waals surface area contributed by atoms with Crippen LogP contribution in [-0.4, -0.2) is 18.5 Å². The Bertz CT molecular complexity index is 514. The van der Waals surface area contributed by atoms with Gasteiger partial charge < -0.3 is 4.90 Å². The lowest BCUT2D eigenvalue weighted by atomic mass is 9.66. The van der Waals surface area contributed by atoms with E-state index in [4.69, 9.17) is 0 Å². The number of likely N-dealkylation sites (N-methyl/N-ethyl adjacent to an activating group) is 1. The first-order chi connectivity index (χ1) is 12.1.